The summed E-state index contributed by atoms with van der Waals surface area (Å²) >= 11 is 0. The van der Waals surface area contributed by atoms with Gasteiger partial charge in [0.15, 0.2) is 6.23 Å². The molecule has 6 N–H and O–H groups in total. The zero-order valence-corrected chi connectivity index (χ0v) is 11.2. The molecule has 4 atom stereocenters. The van der Waals surface area contributed by atoms with Crippen LogP contribution in [0.15, 0.2) is 17.1 Å². The second-order valence-corrected chi connectivity index (χ2v) is 4.58. The second-order valence-electron chi connectivity index (χ2n) is 4.58. The fourth-order valence-corrected chi connectivity index (χ4v) is 1.96. The molecule has 1 aliphatic rings. The molecule has 2 rings (SSSR count). The number of hydrogen-bond acceptors (Lipinski definition) is 8. The Kier molecular flexibility index (Phi) is 4.88. The number of aromatic amines is 1. The number of ether oxygens (including phenoxy) is 1. The van der Waals surface area contributed by atoms with Gasteiger partial charge in [-0.2, -0.15) is 4.98 Å². The summed E-state index contributed by atoms with van der Waals surface area (Å²) in [7, 11) is 0. The predicted molar refractivity (Wildman–Crippen MR) is 72.9 cm³/mol. The third-order valence-electron chi connectivity index (χ3n) is 3.06. The molecule has 0 amide bonds. The van der Waals surface area contributed by atoms with Crippen molar-refractivity contribution in [3.8, 4) is 0 Å². The van der Waals surface area contributed by atoms with Crippen molar-refractivity contribution in [3.05, 3.63) is 28.3 Å². The first-order valence-corrected chi connectivity index (χ1v) is 6.32. The number of H-pyrrole nitrogens is 1. The standard InChI is InChI=1S/C12H15N3O7/c16-4-6-8(19)9(20)11(22-6)14-10-5(1-2-7(17)18)3-13-12(21)15-10/h1-3,6,8-9,11,16,19-20H,4H2,(H,17,18)(H2,13,14,15,21)/t6-,8+,9-,11-/m1/s1. The fourth-order valence-electron chi connectivity index (χ4n) is 1.96. The first-order valence-electron chi connectivity index (χ1n) is 6.32. The molecule has 0 aromatic carbocycles. The number of carboxylic acids is 1. The quantitative estimate of drug-likeness (QED) is 0.328. The van der Waals surface area contributed by atoms with E-state index in [1.165, 1.54) is 12.3 Å². The fraction of sp³-hybridized carbons (Fsp3) is 0.417. The normalized spacial score (nSPS) is 28.1. The van der Waals surface area contributed by atoms with Crippen molar-refractivity contribution in [1.82, 2.24) is 9.97 Å². The molecule has 1 aromatic rings. The molecule has 1 aromatic heterocycles. The van der Waals surface area contributed by atoms with Crippen LogP contribution in [-0.4, -0.2) is 67.5 Å². The van der Waals surface area contributed by atoms with E-state index in [4.69, 9.17) is 14.9 Å². The Morgan fingerprint density at radius 2 is 2.18 bits per heavy atom. The van der Waals surface area contributed by atoms with E-state index in [-0.39, 0.29) is 11.4 Å². The highest BCUT2D eigenvalue weighted by Crippen LogP contribution is 2.23. The molecule has 0 unspecified atom stereocenters. The molecule has 1 saturated heterocycles. The lowest BCUT2D eigenvalue weighted by molar-refractivity contribution is -0.131. The van der Waals surface area contributed by atoms with Crippen LogP contribution in [0.25, 0.3) is 6.08 Å². The summed E-state index contributed by atoms with van der Waals surface area (Å²) < 4.78 is 5.21. The molecule has 120 valence electrons. The molecule has 0 aliphatic carbocycles. The Morgan fingerprint density at radius 3 is 2.77 bits per heavy atom. The number of nitrogens with zero attached hydrogens (tertiary/aromatic N) is 1. The van der Waals surface area contributed by atoms with Crippen LogP contribution in [0.5, 0.6) is 0 Å². The number of rotatable bonds is 5. The van der Waals surface area contributed by atoms with E-state index < -0.39 is 42.8 Å². The smallest absolute Gasteiger partial charge is 0.346 e. The highest BCUT2D eigenvalue weighted by atomic mass is 16.6. The summed E-state index contributed by atoms with van der Waals surface area (Å²) in [5.41, 5.74) is -0.457. The molecule has 0 radical (unpaired) electrons. The summed E-state index contributed by atoms with van der Waals surface area (Å²) in [6.45, 7) is -0.495. The maximum absolute atomic E-state index is 11.3. The van der Waals surface area contributed by atoms with Gasteiger partial charge < -0.3 is 35.5 Å². The van der Waals surface area contributed by atoms with Crippen LogP contribution in [0.4, 0.5) is 5.82 Å². The number of aliphatic hydroxyl groups is 3. The summed E-state index contributed by atoms with van der Waals surface area (Å²) in [5.74, 6) is -1.22. The van der Waals surface area contributed by atoms with Gasteiger partial charge >= 0.3 is 11.7 Å². The lowest BCUT2D eigenvalue weighted by atomic mass is 10.1. The maximum atomic E-state index is 11.3. The minimum atomic E-state index is -1.35. The molecule has 0 saturated carbocycles. The van der Waals surface area contributed by atoms with Crippen molar-refractivity contribution in [2.45, 2.75) is 24.5 Å². The molecular weight excluding hydrogens is 298 g/mol. The van der Waals surface area contributed by atoms with E-state index >= 15 is 0 Å². The summed E-state index contributed by atoms with van der Waals surface area (Å²) in [5, 5.41) is 39.7. The molecule has 1 aliphatic heterocycles. The van der Waals surface area contributed by atoms with E-state index in [0.29, 0.717) is 0 Å². The van der Waals surface area contributed by atoms with Crippen LogP contribution in [0.2, 0.25) is 0 Å². The number of carboxylic acid groups (broad SMARTS) is 1. The molecular formula is C12H15N3O7. The monoisotopic (exact) mass is 313 g/mol. The number of hydrogen-bond donors (Lipinski definition) is 6. The number of aliphatic hydroxyl groups excluding tert-OH is 3. The molecule has 0 spiro atoms. The summed E-state index contributed by atoms with van der Waals surface area (Å²) in [4.78, 5) is 27.7. The van der Waals surface area contributed by atoms with Gasteiger partial charge in [-0.25, -0.2) is 9.59 Å². The number of nitrogens with one attached hydrogen (secondary N) is 2. The van der Waals surface area contributed by atoms with Gasteiger partial charge in [0.05, 0.1) is 6.61 Å². The molecule has 10 heteroatoms. The lowest BCUT2D eigenvalue weighted by Gasteiger charge is -2.17. The Morgan fingerprint density at radius 1 is 1.45 bits per heavy atom. The zero-order chi connectivity index (χ0) is 16.3. The largest absolute Gasteiger partial charge is 0.478 e. The van der Waals surface area contributed by atoms with Gasteiger partial charge in [0.1, 0.15) is 24.1 Å². The van der Waals surface area contributed by atoms with Crippen LogP contribution in [-0.2, 0) is 9.53 Å². The lowest BCUT2D eigenvalue weighted by Crippen LogP contribution is -2.37. The van der Waals surface area contributed by atoms with Gasteiger partial charge in [0, 0.05) is 17.8 Å². The average molecular weight is 313 g/mol. The van der Waals surface area contributed by atoms with Gasteiger partial charge in [0.25, 0.3) is 0 Å². The van der Waals surface area contributed by atoms with Crippen molar-refractivity contribution in [2.24, 2.45) is 0 Å². The van der Waals surface area contributed by atoms with Gasteiger partial charge in [-0.15, -0.1) is 0 Å². The Bertz CT molecular complexity index is 629. The molecule has 22 heavy (non-hydrogen) atoms. The minimum Gasteiger partial charge on any atom is -0.478 e. The Labute approximate surface area is 123 Å². The van der Waals surface area contributed by atoms with Gasteiger partial charge in [-0.05, 0) is 6.08 Å². The van der Waals surface area contributed by atoms with Crippen molar-refractivity contribution < 1.29 is 30.0 Å². The van der Waals surface area contributed by atoms with Crippen molar-refractivity contribution >= 4 is 17.9 Å². The number of aliphatic carboxylic acids is 1. The van der Waals surface area contributed by atoms with Crippen LogP contribution < -0.4 is 11.0 Å². The van der Waals surface area contributed by atoms with Crippen LogP contribution in [0.1, 0.15) is 5.56 Å². The van der Waals surface area contributed by atoms with E-state index in [0.717, 1.165) is 6.08 Å². The Hall–Kier alpha value is -2.27. The third-order valence-corrected chi connectivity index (χ3v) is 3.06. The number of carbonyl (C=O) groups is 1. The maximum Gasteiger partial charge on any atom is 0.346 e. The van der Waals surface area contributed by atoms with E-state index in [1.807, 2.05) is 0 Å². The first kappa shape index (κ1) is 16.1. The Balaban J connectivity index is 2.23. The second kappa shape index (κ2) is 6.66. The SMILES string of the molecule is O=C(O)C=Cc1c[nH]c(=O)nc1N[C@@H]1O[C@H](CO)[C@H](O)[C@H]1O. The summed E-state index contributed by atoms with van der Waals surface area (Å²) in [6.07, 6.45) is -1.48. The van der Waals surface area contributed by atoms with E-state index in [2.05, 4.69) is 15.3 Å². The van der Waals surface area contributed by atoms with Crippen molar-refractivity contribution in [1.29, 1.82) is 0 Å². The van der Waals surface area contributed by atoms with Crippen LogP contribution in [0.3, 0.4) is 0 Å². The summed E-state index contributed by atoms with van der Waals surface area (Å²) in [6, 6.07) is 0. The third kappa shape index (κ3) is 3.49. The topological polar surface area (TPSA) is 165 Å². The van der Waals surface area contributed by atoms with Gasteiger partial charge in [-0.3, -0.25) is 0 Å². The number of anilines is 1. The minimum absolute atomic E-state index is 0.0314. The first-order chi connectivity index (χ1) is 10.4. The molecule has 0 bridgehead atoms. The zero-order valence-electron chi connectivity index (χ0n) is 11.2. The molecule has 1 fully saturated rings. The predicted octanol–water partition coefficient (Wildman–Crippen LogP) is -2.28. The van der Waals surface area contributed by atoms with Crippen LogP contribution >= 0.6 is 0 Å². The van der Waals surface area contributed by atoms with Crippen molar-refractivity contribution in [2.75, 3.05) is 11.9 Å². The van der Waals surface area contributed by atoms with Gasteiger partial charge in [0.2, 0.25) is 0 Å². The highest BCUT2D eigenvalue weighted by molar-refractivity contribution is 5.86. The van der Waals surface area contributed by atoms with E-state index in [9.17, 15) is 19.8 Å². The van der Waals surface area contributed by atoms with E-state index in [1.54, 1.807) is 0 Å². The van der Waals surface area contributed by atoms with Crippen LogP contribution in [0, 0.1) is 0 Å². The molecule has 2 heterocycles. The average Bonchev–Trinajstić information content (AvgIpc) is 2.74. The molecule has 10 nitrogen and oxygen atoms in total. The highest BCUT2D eigenvalue weighted by Gasteiger charge is 2.42. The number of aromatic nitrogens is 2. The van der Waals surface area contributed by atoms with Crippen molar-refractivity contribution in [3.63, 3.8) is 0 Å². The van der Waals surface area contributed by atoms with Gasteiger partial charge in [-0.1, -0.05) is 0 Å².